The predicted octanol–water partition coefficient (Wildman–Crippen LogP) is 6.83. The van der Waals surface area contributed by atoms with E-state index in [0.717, 1.165) is 22.5 Å². The first-order valence-electron chi connectivity index (χ1n) is 13.2. The van der Waals surface area contributed by atoms with Crippen LogP contribution in [0.4, 0.5) is 10.5 Å². The highest BCUT2D eigenvalue weighted by Crippen LogP contribution is 2.35. The van der Waals surface area contributed by atoms with Gasteiger partial charge in [-0.2, -0.15) is 5.10 Å². The lowest BCUT2D eigenvalue weighted by Crippen LogP contribution is -2.41. The number of aromatic nitrogens is 2. The van der Waals surface area contributed by atoms with Gasteiger partial charge in [0.25, 0.3) is 5.91 Å². The standard InChI is InChI=1S/C30H37ClN4O4/c1-18-8-9-22(14-19(18)2)35-27(21-10-12-34(13-11-21)29(37)39-30(4,5)6)23(17-32-35)28(36)33-25-15-20(3)24(31)16-26(25)38-7/h8-9,14-17,21H,10-13H2,1-7H3,(H,33,36). The molecule has 2 heterocycles. The summed E-state index contributed by atoms with van der Waals surface area (Å²) in [6, 6.07) is 9.64. The third-order valence-corrected chi connectivity index (χ3v) is 7.46. The highest BCUT2D eigenvalue weighted by atomic mass is 35.5. The summed E-state index contributed by atoms with van der Waals surface area (Å²) >= 11 is 6.27. The van der Waals surface area contributed by atoms with Crippen LogP contribution in [0.5, 0.6) is 5.75 Å². The van der Waals surface area contributed by atoms with E-state index in [2.05, 4.69) is 36.4 Å². The Kier molecular flexibility index (Phi) is 8.25. The van der Waals surface area contributed by atoms with Gasteiger partial charge in [0.15, 0.2) is 0 Å². The first-order chi connectivity index (χ1) is 18.4. The molecule has 0 spiro atoms. The highest BCUT2D eigenvalue weighted by molar-refractivity contribution is 6.31. The smallest absolute Gasteiger partial charge is 0.410 e. The Balaban J connectivity index is 1.67. The van der Waals surface area contributed by atoms with Crippen molar-refractivity contribution in [1.82, 2.24) is 14.7 Å². The topological polar surface area (TPSA) is 85.7 Å². The maximum atomic E-state index is 13.7. The van der Waals surface area contributed by atoms with Gasteiger partial charge in [0.05, 0.1) is 35.9 Å². The minimum Gasteiger partial charge on any atom is -0.495 e. The minimum absolute atomic E-state index is 0.0161. The van der Waals surface area contributed by atoms with E-state index in [9.17, 15) is 9.59 Å². The number of anilines is 1. The van der Waals surface area contributed by atoms with Crippen LogP contribution in [0.15, 0.2) is 36.5 Å². The fourth-order valence-corrected chi connectivity index (χ4v) is 4.92. The summed E-state index contributed by atoms with van der Waals surface area (Å²) in [4.78, 5) is 28.1. The van der Waals surface area contributed by atoms with E-state index in [1.165, 1.54) is 12.7 Å². The van der Waals surface area contributed by atoms with Crippen LogP contribution in [0.25, 0.3) is 5.69 Å². The number of nitrogens with zero attached hydrogens (tertiary/aromatic N) is 3. The van der Waals surface area contributed by atoms with Crippen molar-refractivity contribution in [2.24, 2.45) is 0 Å². The summed E-state index contributed by atoms with van der Waals surface area (Å²) in [5.41, 5.74) is 5.33. The summed E-state index contributed by atoms with van der Waals surface area (Å²) in [7, 11) is 1.54. The number of hydrogen-bond acceptors (Lipinski definition) is 5. The maximum absolute atomic E-state index is 13.7. The quantitative estimate of drug-likeness (QED) is 0.375. The molecule has 1 saturated heterocycles. The molecule has 0 saturated carbocycles. The molecule has 39 heavy (non-hydrogen) atoms. The number of carbonyl (C=O) groups is 2. The Morgan fingerprint density at radius 3 is 2.33 bits per heavy atom. The molecule has 0 bridgehead atoms. The van der Waals surface area contributed by atoms with E-state index in [1.807, 2.05) is 38.4 Å². The first-order valence-corrected chi connectivity index (χ1v) is 13.5. The average Bonchev–Trinajstić information content (AvgIpc) is 3.32. The fraction of sp³-hybridized carbons (Fsp3) is 0.433. The zero-order chi connectivity index (χ0) is 28.5. The van der Waals surface area contributed by atoms with Crippen LogP contribution in [-0.4, -0.2) is 52.5 Å². The van der Waals surface area contributed by atoms with Crippen LogP contribution in [-0.2, 0) is 4.74 Å². The van der Waals surface area contributed by atoms with Crippen LogP contribution in [0.3, 0.4) is 0 Å². The van der Waals surface area contributed by atoms with Gasteiger partial charge in [-0.3, -0.25) is 4.79 Å². The molecule has 1 aromatic heterocycles. The molecular formula is C30H37ClN4O4. The van der Waals surface area contributed by atoms with Crippen molar-refractivity contribution in [2.75, 3.05) is 25.5 Å². The molecule has 1 fully saturated rings. The Labute approximate surface area is 235 Å². The van der Waals surface area contributed by atoms with E-state index in [-0.39, 0.29) is 17.9 Å². The van der Waals surface area contributed by atoms with Gasteiger partial charge in [0.1, 0.15) is 11.4 Å². The largest absolute Gasteiger partial charge is 0.495 e. The molecule has 8 nitrogen and oxygen atoms in total. The Hall–Kier alpha value is -3.52. The zero-order valence-corrected chi connectivity index (χ0v) is 24.5. The van der Waals surface area contributed by atoms with Gasteiger partial charge in [0, 0.05) is 30.1 Å². The molecule has 4 rings (SSSR count). The number of rotatable bonds is 5. The molecule has 0 aliphatic carbocycles. The van der Waals surface area contributed by atoms with Crippen molar-refractivity contribution in [1.29, 1.82) is 0 Å². The van der Waals surface area contributed by atoms with Crippen LogP contribution in [0.2, 0.25) is 5.02 Å². The molecule has 0 unspecified atom stereocenters. The number of amides is 2. The lowest BCUT2D eigenvalue weighted by Gasteiger charge is -2.34. The van der Waals surface area contributed by atoms with Crippen molar-refractivity contribution in [3.63, 3.8) is 0 Å². The third kappa shape index (κ3) is 6.38. The molecule has 2 aromatic carbocycles. The third-order valence-electron chi connectivity index (χ3n) is 7.05. The zero-order valence-electron chi connectivity index (χ0n) is 23.7. The van der Waals surface area contributed by atoms with Crippen molar-refractivity contribution < 1.29 is 19.1 Å². The summed E-state index contributed by atoms with van der Waals surface area (Å²) in [5.74, 6) is 0.213. The number of benzene rings is 2. The Morgan fingerprint density at radius 2 is 1.72 bits per heavy atom. The molecule has 0 atom stereocenters. The highest BCUT2D eigenvalue weighted by Gasteiger charge is 2.32. The molecule has 1 aliphatic heterocycles. The number of piperidine rings is 1. The van der Waals surface area contributed by atoms with Crippen LogP contribution in [0, 0.1) is 20.8 Å². The van der Waals surface area contributed by atoms with Crippen molar-refractivity contribution >= 4 is 29.3 Å². The Morgan fingerprint density at radius 1 is 1.03 bits per heavy atom. The molecule has 1 N–H and O–H groups in total. The van der Waals surface area contributed by atoms with Crippen molar-refractivity contribution in [3.05, 3.63) is 69.5 Å². The van der Waals surface area contributed by atoms with E-state index in [1.54, 1.807) is 23.2 Å². The molecular weight excluding hydrogens is 516 g/mol. The number of halogens is 1. The van der Waals surface area contributed by atoms with E-state index in [4.69, 9.17) is 21.1 Å². The lowest BCUT2D eigenvalue weighted by atomic mass is 9.90. The first kappa shape index (κ1) is 28.5. The number of hydrogen-bond donors (Lipinski definition) is 1. The van der Waals surface area contributed by atoms with Crippen molar-refractivity contribution in [3.8, 4) is 11.4 Å². The van der Waals surface area contributed by atoms with Gasteiger partial charge in [0.2, 0.25) is 0 Å². The molecule has 0 radical (unpaired) electrons. The molecule has 2 amide bonds. The molecule has 1 aliphatic rings. The molecule has 208 valence electrons. The molecule has 3 aromatic rings. The van der Waals surface area contributed by atoms with Gasteiger partial charge in [-0.15, -0.1) is 0 Å². The van der Waals surface area contributed by atoms with E-state index in [0.29, 0.717) is 48.0 Å². The van der Waals surface area contributed by atoms with Crippen molar-refractivity contribution in [2.45, 2.75) is 65.9 Å². The van der Waals surface area contributed by atoms with Gasteiger partial charge in [-0.25, -0.2) is 9.48 Å². The summed E-state index contributed by atoms with van der Waals surface area (Å²) in [5, 5.41) is 8.23. The summed E-state index contributed by atoms with van der Waals surface area (Å²) < 4.78 is 12.9. The van der Waals surface area contributed by atoms with E-state index >= 15 is 0 Å². The van der Waals surface area contributed by atoms with E-state index < -0.39 is 5.60 Å². The van der Waals surface area contributed by atoms with Crippen LogP contribution >= 0.6 is 11.6 Å². The summed E-state index contributed by atoms with van der Waals surface area (Å²) in [6.07, 6.45) is 2.67. The van der Waals surface area contributed by atoms with Crippen LogP contribution < -0.4 is 10.1 Å². The molecule has 9 heteroatoms. The normalized spacial score (nSPS) is 14.3. The average molecular weight is 553 g/mol. The minimum atomic E-state index is -0.553. The van der Waals surface area contributed by atoms with Gasteiger partial charge in [-0.1, -0.05) is 17.7 Å². The number of likely N-dealkylation sites (tertiary alicyclic amines) is 1. The predicted molar refractivity (Wildman–Crippen MR) is 154 cm³/mol. The Bertz CT molecular complexity index is 1380. The van der Waals surface area contributed by atoms with Gasteiger partial charge >= 0.3 is 6.09 Å². The number of carbonyl (C=O) groups excluding carboxylic acids is 2. The number of nitrogens with one attached hydrogen (secondary N) is 1. The number of aryl methyl sites for hydroxylation is 3. The number of ether oxygens (including phenoxy) is 2. The van der Waals surface area contributed by atoms with Gasteiger partial charge in [-0.05, 0) is 89.3 Å². The second-order valence-corrected chi connectivity index (χ2v) is 11.5. The second kappa shape index (κ2) is 11.3. The van der Waals surface area contributed by atoms with Crippen LogP contribution in [0.1, 0.15) is 72.3 Å². The number of methoxy groups -OCH3 is 1. The van der Waals surface area contributed by atoms with Gasteiger partial charge < -0.3 is 19.7 Å². The fourth-order valence-electron chi connectivity index (χ4n) is 4.77. The second-order valence-electron chi connectivity index (χ2n) is 11.1. The maximum Gasteiger partial charge on any atom is 0.410 e. The summed E-state index contributed by atoms with van der Waals surface area (Å²) in [6.45, 7) is 12.6. The lowest BCUT2D eigenvalue weighted by molar-refractivity contribution is 0.0203. The SMILES string of the molecule is COc1cc(Cl)c(C)cc1NC(=O)c1cnn(-c2ccc(C)c(C)c2)c1C1CCN(C(=O)OC(C)(C)C)CC1. The monoisotopic (exact) mass is 552 g/mol.